The maximum Gasteiger partial charge on any atom is 0.134 e. The Morgan fingerprint density at radius 2 is 2.19 bits per heavy atom. The van der Waals surface area contributed by atoms with Crippen LogP contribution in [0.25, 0.3) is 11.0 Å². The maximum absolute atomic E-state index is 5.73. The number of nitrogens with one attached hydrogen (secondary N) is 1. The number of halogens is 1. The first-order valence-electron chi connectivity index (χ1n) is 5.35. The van der Waals surface area contributed by atoms with Crippen molar-refractivity contribution >= 4 is 22.6 Å². The Hall–Kier alpha value is -1.03. The Bertz CT molecular complexity index is 422. The van der Waals surface area contributed by atoms with Gasteiger partial charge in [0.2, 0.25) is 0 Å². The molecule has 0 amide bonds. The third-order valence-corrected chi connectivity index (χ3v) is 2.88. The van der Waals surface area contributed by atoms with Gasteiger partial charge in [-0.25, -0.2) is 5.43 Å². The SMILES string of the molecule is NNC(CCCCl)c1cc2ccccc2o1. The molecule has 0 saturated heterocycles. The number of hydrogen-bond acceptors (Lipinski definition) is 3. The van der Waals surface area contributed by atoms with E-state index in [4.69, 9.17) is 21.9 Å². The molecule has 1 atom stereocenters. The summed E-state index contributed by atoms with van der Waals surface area (Å²) in [5, 5.41) is 1.10. The van der Waals surface area contributed by atoms with E-state index >= 15 is 0 Å². The first kappa shape index (κ1) is 11.5. The molecule has 2 aromatic rings. The summed E-state index contributed by atoms with van der Waals surface area (Å²) in [4.78, 5) is 0. The van der Waals surface area contributed by atoms with Gasteiger partial charge in [0.05, 0.1) is 6.04 Å². The Morgan fingerprint density at radius 1 is 1.38 bits per heavy atom. The molecule has 1 aromatic carbocycles. The quantitative estimate of drug-likeness (QED) is 0.478. The van der Waals surface area contributed by atoms with Crippen LogP contribution in [0.15, 0.2) is 34.7 Å². The van der Waals surface area contributed by atoms with Gasteiger partial charge in [-0.2, -0.15) is 0 Å². The van der Waals surface area contributed by atoms with Gasteiger partial charge in [-0.05, 0) is 25.0 Å². The van der Waals surface area contributed by atoms with Gasteiger partial charge >= 0.3 is 0 Å². The van der Waals surface area contributed by atoms with Gasteiger partial charge < -0.3 is 4.42 Å². The molecular formula is C12H15ClN2O. The van der Waals surface area contributed by atoms with Crippen molar-refractivity contribution in [1.82, 2.24) is 5.43 Å². The van der Waals surface area contributed by atoms with E-state index in [0.29, 0.717) is 5.88 Å². The minimum Gasteiger partial charge on any atom is -0.459 e. The minimum atomic E-state index is 0.0335. The molecule has 0 aliphatic rings. The molecule has 1 heterocycles. The fraction of sp³-hybridized carbons (Fsp3) is 0.333. The predicted octanol–water partition coefficient (Wildman–Crippen LogP) is 2.96. The number of para-hydroxylation sites is 1. The largest absolute Gasteiger partial charge is 0.459 e. The van der Waals surface area contributed by atoms with Crippen LogP contribution in [0.4, 0.5) is 0 Å². The number of fused-ring (bicyclic) bond motifs is 1. The lowest BCUT2D eigenvalue weighted by Crippen LogP contribution is -2.27. The number of benzene rings is 1. The van der Waals surface area contributed by atoms with Crippen LogP contribution in [0, 0.1) is 0 Å². The first-order chi connectivity index (χ1) is 7.85. The molecule has 1 aromatic heterocycles. The van der Waals surface area contributed by atoms with Crippen molar-refractivity contribution in [2.75, 3.05) is 5.88 Å². The Kier molecular flexibility index (Phi) is 3.83. The van der Waals surface area contributed by atoms with E-state index in [1.54, 1.807) is 0 Å². The molecule has 0 aliphatic heterocycles. The first-order valence-corrected chi connectivity index (χ1v) is 5.89. The molecule has 1 unspecified atom stereocenters. The van der Waals surface area contributed by atoms with Crippen molar-refractivity contribution in [3.63, 3.8) is 0 Å². The minimum absolute atomic E-state index is 0.0335. The van der Waals surface area contributed by atoms with E-state index in [1.807, 2.05) is 30.3 Å². The average molecular weight is 239 g/mol. The van der Waals surface area contributed by atoms with Crippen molar-refractivity contribution in [2.24, 2.45) is 5.84 Å². The zero-order valence-corrected chi connectivity index (χ0v) is 9.70. The second kappa shape index (κ2) is 5.34. The summed E-state index contributed by atoms with van der Waals surface area (Å²) in [7, 11) is 0. The highest BCUT2D eigenvalue weighted by atomic mass is 35.5. The third-order valence-electron chi connectivity index (χ3n) is 2.62. The van der Waals surface area contributed by atoms with Gasteiger partial charge in [-0.1, -0.05) is 18.2 Å². The van der Waals surface area contributed by atoms with E-state index in [0.717, 1.165) is 29.6 Å². The van der Waals surface area contributed by atoms with E-state index in [9.17, 15) is 0 Å². The summed E-state index contributed by atoms with van der Waals surface area (Å²) in [6.07, 6.45) is 1.79. The number of furan rings is 1. The Balaban J connectivity index is 2.23. The molecule has 3 N–H and O–H groups in total. The number of rotatable bonds is 5. The molecule has 16 heavy (non-hydrogen) atoms. The highest BCUT2D eigenvalue weighted by Crippen LogP contribution is 2.25. The van der Waals surface area contributed by atoms with Crippen LogP contribution < -0.4 is 11.3 Å². The predicted molar refractivity (Wildman–Crippen MR) is 66.2 cm³/mol. The van der Waals surface area contributed by atoms with Gasteiger partial charge in [0, 0.05) is 11.3 Å². The van der Waals surface area contributed by atoms with Crippen LogP contribution in [-0.2, 0) is 0 Å². The fourth-order valence-corrected chi connectivity index (χ4v) is 1.92. The van der Waals surface area contributed by atoms with Crippen LogP contribution in [0.5, 0.6) is 0 Å². The Morgan fingerprint density at radius 3 is 2.88 bits per heavy atom. The lowest BCUT2D eigenvalue weighted by molar-refractivity contribution is 0.414. The van der Waals surface area contributed by atoms with Crippen LogP contribution in [0.1, 0.15) is 24.6 Å². The van der Waals surface area contributed by atoms with E-state index < -0.39 is 0 Å². The number of alkyl halides is 1. The molecule has 86 valence electrons. The molecule has 2 rings (SSSR count). The van der Waals surface area contributed by atoms with Gasteiger partial charge in [0.15, 0.2) is 0 Å². The van der Waals surface area contributed by atoms with Crippen molar-refractivity contribution in [3.05, 3.63) is 36.1 Å². The normalized spacial score (nSPS) is 13.1. The second-order valence-electron chi connectivity index (χ2n) is 3.74. The molecule has 0 aliphatic carbocycles. The monoisotopic (exact) mass is 238 g/mol. The van der Waals surface area contributed by atoms with Gasteiger partial charge in [0.25, 0.3) is 0 Å². The second-order valence-corrected chi connectivity index (χ2v) is 4.12. The standard InChI is InChI=1S/C12H15ClN2O/c13-7-3-5-10(15-14)12-8-9-4-1-2-6-11(9)16-12/h1-2,4,6,8,10,15H,3,5,7,14H2. The zero-order chi connectivity index (χ0) is 11.4. The van der Waals surface area contributed by atoms with Crippen molar-refractivity contribution in [2.45, 2.75) is 18.9 Å². The van der Waals surface area contributed by atoms with Crippen LogP contribution in [-0.4, -0.2) is 5.88 Å². The van der Waals surface area contributed by atoms with Crippen LogP contribution >= 0.6 is 11.6 Å². The summed E-state index contributed by atoms with van der Waals surface area (Å²) < 4.78 is 5.73. The summed E-state index contributed by atoms with van der Waals surface area (Å²) in [6, 6.07) is 9.98. The van der Waals surface area contributed by atoms with Crippen LogP contribution in [0.3, 0.4) is 0 Å². The highest BCUT2D eigenvalue weighted by molar-refractivity contribution is 6.17. The summed E-state index contributed by atoms with van der Waals surface area (Å²) in [6.45, 7) is 0. The fourth-order valence-electron chi connectivity index (χ4n) is 1.76. The molecule has 0 bridgehead atoms. The lowest BCUT2D eigenvalue weighted by Gasteiger charge is -2.11. The molecule has 0 saturated carbocycles. The summed E-state index contributed by atoms with van der Waals surface area (Å²) in [5.74, 6) is 7.02. The molecule has 0 radical (unpaired) electrons. The van der Waals surface area contributed by atoms with Crippen molar-refractivity contribution in [3.8, 4) is 0 Å². The van der Waals surface area contributed by atoms with Gasteiger partial charge in [0.1, 0.15) is 11.3 Å². The highest BCUT2D eigenvalue weighted by Gasteiger charge is 2.14. The lowest BCUT2D eigenvalue weighted by atomic mass is 10.1. The zero-order valence-electron chi connectivity index (χ0n) is 8.95. The smallest absolute Gasteiger partial charge is 0.134 e. The van der Waals surface area contributed by atoms with Gasteiger partial charge in [-0.3, -0.25) is 5.84 Å². The van der Waals surface area contributed by atoms with Gasteiger partial charge in [-0.15, -0.1) is 11.6 Å². The summed E-state index contributed by atoms with van der Waals surface area (Å²) in [5.41, 5.74) is 3.65. The van der Waals surface area contributed by atoms with Crippen LogP contribution in [0.2, 0.25) is 0 Å². The number of nitrogens with two attached hydrogens (primary N) is 1. The molecule has 3 nitrogen and oxygen atoms in total. The van der Waals surface area contributed by atoms with Crippen molar-refractivity contribution < 1.29 is 4.42 Å². The molecule has 0 fully saturated rings. The molecular weight excluding hydrogens is 224 g/mol. The topological polar surface area (TPSA) is 51.2 Å². The average Bonchev–Trinajstić information content (AvgIpc) is 2.73. The summed E-state index contributed by atoms with van der Waals surface area (Å²) >= 11 is 5.67. The van der Waals surface area contributed by atoms with E-state index in [-0.39, 0.29) is 6.04 Å². The third kappa shape index (κ3) is 2.38. The molecule has 0 spiro atoms. The van der Waals surface area contributed by atoms with Crippen molar-refractivity contribution in [1.29, 1.82) is 0 Å². The van der Waals surface area contributed by atoms with E-state index in [2.05, 4.69) is 5.43 Å². The van der Waals surface area contributed by atoms with E-state index in [1.165, 1.54) is 0 Å². The molecule has 4 heteroatoms. The number of hydrazine groups is 1. The Labute approximate surface area is 99.5 Å². The maximum atomic E-state index is 5.73. The number of hydrogen-bond donors (Lipinski definition) is 2.